The lowest BCUT2D eigenvalue weighted by molar-refractivity contribution is 0.0949. The van der Waals surface area contributed by atoms with E-state index < -0.39 is 0 Å². The van der Waals surface area contributed by atoms with Gasteiger partial charge >= 0.3 is 0 Å². The fourth-order valence-electron chi connectivity index (χ4n) is 3.26. The average molecular weight is 374 g/mol. The van der Waals surface area contributed by atoms with Gasteiger partial charge in [-0.25, -0.2) is 9.67 Å². The summed E-state index contributed by atoms with van der Waals surface area (Å²) in [6, 6.07) is 13.6. The smallest absolute Gasteiger partial charge is 0.252 e. The van der Waals surface area contributed by atoms with Gasteiger partial charge < -0.3 is 9.73 Å². The number of aryl methyl sites for hydroxylation is 1. The third-order valence-electron chi connectivity index (χ3n) is 4.72. The van der Waals surface area contributed by atoms with E-state index in [9.17, 15) is 4.79 Å². The van der Waals surface area contributed by atoms with Gasteiger partial charge in [-0.15, -0.1) is 0 Å². The molecule has 1 N–H and O–H groups in total. The van der Waals surface area contributed by atoms with Crippen LogP contribution in [0, 0.1) is 6.92 Å². The van der Waals surface area contributed by atoms with E-state index >= 15 is 0 Å². The monoisotopic (exact) mass is 374 g/mol. The Labute approximate surface area is 163 Å². The fraction of sp³-hybridized carbons (Fsp3) is 0.227. The molecule has 1 amide bonds. The Morgan fingerprint density at radius 2 is 2.04 bits per heavy atom. The van der Waals surface area contributed by atoms with Crippen LogP contribution in [0.25, 0.3) is 22.3 Å². The summed E-state index contributed by atoms with van der Waals surface area (Å²) in [5, 5.41) is 8.13. The molecule has 28 heavy (non-hydrogen) atoms. The van der Waals surface area contributed by atoms with Gasteiger partial charge in [-0.1, -0.05) is 24.3 Å². The van der Waals surface area contributed by atoms with Crippen LogP contribution in [0.5, 0.6) is 0 Å². The van der Waals surface area contributed by atoms with Crippen molar-refractivity contribution in [2.24, 2.45) is 0 Å². The lowest BCUT2D eigenvalue weighted by Crippen LogP contribution is -2.23. The summed E-state index contributed by atoms with van der Waals surface area (Å²) in [6.07, 6.45) is 3.31. The van der Waals surface area contributed by atoms with E-state index in [4.69, 9.17) is 9.40 Å². The predicted molar refractivity (Wildman–Crippen MR) is 108 cm³/mol. The summed E-state index contributed by atoms with van der Waals surface area (Å²) in [4.78, 5) is 17.8. The van der Waals surface area contributed by atoms with E-state index in [0.717, 1.165) is 22.2 Å². The first kappa shape index (κ1) is 18.0. The van der Waals surface area contributed by atoms with Crippen molar-refractivity contribution in [3.05, 3.63) is 71.8 Å². The van der Waals surface area contributed by atoms with Gasteiger partial charge in [0.15, 0.2) is 5.65 Å². The molecule has 0 atom stereocenters. The number of fused-ring (bicyclic) bond motifs is 1. The number of hydrogen-bond donors (Lipinski definition) is 1. The summed E-state index contributed by atoms with van der Waals surface area (Å²) in [7, 11) is 0. The molecule has 142 valence electrons. The number of nitrogens with one attached hydrogen (secondary N) is 1. The average Bonchev–Trinajstić information content (AvgIpc) is 3.35. The molecule has 6 heteroatoms. The second-order valence-electron chi connectivity index (χ2n) is 7.05. The van der Waals surface area contributed by atoms with Crippen molar-refractivity contribution in [1.82, 2.24) is 20.1 Å². The van der Waals surface area contributed by atoms with Crippen molar-refractivity contribution in [2.45, 2.75) is 33.4 Å². The van der Waals surface area contributed by atoms with Gasteiger partial charge in [-0.3, -0.25) is 4.79 Å². The Bertz CT molecular complexity index is 1130. The van der Waals surface area contributed by atoms with Gasteiger partial charge in [-0.2, -0.15) is 5.10 Å². The number of carbonyl (C=O) groups excluding carboxylic acids is 1. The molecule has 1 aromatic carbocycles. The highest BCUT2D eigenvalue weighted by molar-refractivity contribution is 6.06. The number of aromatic nitrogens is 3. The quantitative estimate of drug-likeness (QED) is 0.558. The number of benzene rings is 1. The van der Waals surface area contributed by atoms with Gasteiger partial charge in [0.05, 0.1) is 35.6 Å². The van der Waals surface area contributed by atoms with Crippen LogP contribution in [0.1, 0.15) is 41.6 Å². The number of pyridine rings is 1. The number of hydrogen-bond acceptors (Lipinski definition) is 4. The van der Waals surface area contributed by atoms with Crippen LogP contribution in [0.3, 0.4) is 0 Å². The molecule has 0 bridgehead atoms. The highest BCUT2D eigenvalue weighted by Crippen LogP contribution is 2.28. The number of nitrogens with zero attached hydrogens (tertiary/aromatic N) is 3. The minimum absolute atomic E-state index is 0.135. The Morgan fingerprint density at radius 1 is 1.21 bits per heavy atom. The normalized spacial score (nSPS) is 11.3. The van der Waals surface area contributed by atoms with Crippen molar-refractivity contribution in [3.63, 3.8) is 0 Å². The molecule has 0 unspecified atom stereocenters. The van der Waals surface area contributed by atoms with Crippen LogP contribution in [0.15, 0.2) is 59.3 Å². The van der Waals surface area contributed by atoms with Gasteiger partial charge in [0, 0.05) is 11.6 Å². The van der Waals surface area contributed by atoms with E-state index in [1.807, 2.05) is 61.9 Å². The van der Waals surface area contributed by atoms with Gasteiger partial charge in [0.1, 0.15) is 5.76 Å². The number of carbonyl (C=O) groups is 1. The Morgan fingerprint density at radius 3 is 2.75 bits per heavy atom. The highest BCUT2D eigenvalue weighted by atomic mass is 16.3. The van der Waals surface area contributed by atoms with E-state index in [-0.39, 0.29) is 11.9 Å². The first-order valence-corrected chi connectivity index (χ1v) is 9.29. The zero-order valence-electron chi connectivity index (χ0n) is 16.1. The SMILES string of the molecule is Cc1ccccc1-c1cc(C(=O)NCc2ccco2)c2cnn(C(C)C)c2n1. The molecule has 0 radical (unpaired) electrons. The highest BCUT2D eigenvalue weighted by Gasteiger charge is 2.19. The molecule has 0 aliphatic heterocycles. The molecular weight excluding hydrogens is 352 g/mol. The number of rotatable bonds is 5. The Balaban J connectivity index is 1.82. The molecule has 0 fully saturated rings. The topological polar surface area (TPSA) is 73.0 Å². The first-order chi connectivity index (χ1) is 13.5. The van der Waals surface area contributed by atoms with Gasteiger partial charge in [0.25, 0.3) is 5.91 Å². The molecule has 0 aliphatic carbocycles. The largest absolute Gasteiger partial charge is 0.467 e. The van der Waals surface area contributed by atoms with E-state index in [1.165, 1.54) is 0 Å². The van der Waals surface area contributed by atoms with Crippen LogP contribution in [-0.2, 0) is 6.54 Å². The standard InChI is InChI=1S/C22H22N4O2/c1-14(2)26-21-19(13-24-26)18(22(27)23-12-16-8-6-10-28-16)11-20(25-21)17-9-5-4-7-15(17)3/h4-11,13-14H,12H2,1-3H3,(H,23,27). The van der Waals surface area contributed by atoms with Gasteiger partial charge in [-0.05, 0) is 44.5 Å². The molecule has 6 nitrogen and oxygen atoms in total. The molecule has 0 saturated heterocycles. The van der Waals surface area contributed by atoms with E-state index in [0.29, 0.717) is 23.5 Å². The number of amides is 1. The maximum absolute atomic E-state index is 13.0. The van der Waals surface area contributed by atoms with Crippen molar-refractivity contribution in [2.75, 3.05) is 0 Å². The molecule has 0 saturated carbocycles. The maximum atomic E-state index is 13.0. The van der Waals surface area contributed by atoms with Crippen molar-refractivity contribution < 1.29 is 9.21 Å². The van der Waals surface area contributed by atoms with E-state index in [2.05, 4.69) is 10.4 Å². The second kappa shape index (κ2) is 7.31. The molecule has 0 spiro atoms. The van der Waals surface area contributed by atoms with Crippen molar-refractivity contribution >= 4 is 16.9 Å². The molecule has 4 rings (SSSR count). The maximum Gasteiger partial charge on any atom is 0.252 e. The second-order valence-corrected chi connectivity index (χ2v) is 7.05. The first-order valence-electron chi connectivity index (χ1n) is 9.29. The Kier molecular flexibility index (Phi) is 4.69. The number of furan rings is 1. The summed E-state index contributed by atoms with van der Waals surface area (Å²) in [5.74, 6) is 0.526. The van der Waals surface area contributed by atoms with Crippen molar-refractivity contribution in [3.8, 4) is 11.3 Å². The van der Waals surface area contributed by atoms with Crippen LogP contribution in [0.4, 0.5) is 0 Å². The summed E-state index contributed by atoms with van der Waals surface area (Å²) >= 11 is 0. The lowest BCUT2D eigenvalue weighted by atomic mass is 10.0. The zero-order valence-corrected chi connectivity index (χ0v) is 16.1. The molecular formula is C22H22N4O2. The molecule has 3 heterocycles. The Hall–Kier alpha value is -3.41. The summed E-state index contributed by atoms with van der Waals surface area (Å²) < 4.78 is 7.16. The minimum atomic E-state index is -0.179. The van der Waals surface area contributed by atoms with Crippen LogP contribution in [-0.4, -0.2) is 20.7 Å². The van der Waals surface area contributed by atoms with Crippen molar-refractivity contribution in [1.29, 1.82) is 0 Å². The van der Waals surface area contributed by atoms with Crippen LogP contribution in [0.2, 0.25) is 0 Å². The van der Waals surface area contributed by atoms with Crippen LogP contribution >= 0.6 is 0 Å². The molecule has 4 aromatic rings. The van der Waals surface area contributed by atoms with Crippen LogP contribution < -0.4 is 5.32 Å². The fourth-order valence-corrected chi connectivity index (χ4v) is 3.26. The third-order valence-corrected chi connectivity index (χ3v) is 4.72. The molecule has 3 aromatic heterocycles. The third kappa shape index (κ3) is 3.29. The summed E-state index contributed by atoms with van der Waals surface area (Å²) in [5.41, 5.74) is 4.13. The lowest BCUT2D eigenvalue weighted by Gasteiger charge is -2.12. The zero-order chi connectivity index (χ0) is 19.7. The van der Waals surface area contributed by atoms with Gasteiger partial charge in [0.2, 0.25) is 0 Å². The summed E-state index contributed by atoms with van der Waals surface area (Å²) in [6.45, 7) is 6.46. The minimum Gasteiger partial charge on any atom is -0.467 e. The predicted octanol–water partition coefficient (Wildman–Crippen LogP) is 4.51. The molecule has 0 aliphatic rings. The van der Waals surface area contributed by atoms with E-state index in [1.54, 1.807) is 18.5 Å².